The van der Waals surface area contributed by atoms with E-state index >= 15 is 0 Å². The molecule has 3 aliphatic heterocycles. The van der Waals surface area contributed by atoms with Crippen LogP contribution < -0.4 is 5.32 Å². The minimum absolute atomic E-state index is 0.364. The van der Waals surface area contributed by atoms with Crippen molar-refractivity contribution in [2.24, 2.45) is 16.8 Å². The lowest BCUT2D eigenvalue weighted by atomic mass is 9.93. The van der Waals surface area contributed by atoms with Crippen molar-refractivity contribution < 1.29 is 4.79 Å². The number of anilines is 1. The van der Waals surface area contributed by atoms with Crippen molar-refractivity contribution in [3.63, 3.8) is 0 Å². The topological polar surface area (TPSA) is 47.9 Å². The third-order valence-corrected chi connectivity index (χ3v) is 8.01. The number of rotatable bonds is 6. The summed E-state index contributed by atoms with van der Waals surface area (Å²) in [6, 6.07) is 14.0. The number of carbonyl (C=O) groups excluding carboxylic acids is 1. The zero-order chi connectivity index (χ0) is 23.1. The van der Waals surface area contributed by atoms with Gasteiger partial charge in [-0.15, -0.1) is 0 Å². The van der Waals surface area contributed by atoms with Gasteiger partial charge in [-0.3, -0.25) is 9.79 Å². The van der Waals surface area contributed by atoms with Crippen molar-refractivity contribution in [3.8, 4) is 11.1 Å². The van der Waals surface area contributed by atoms with Gasteiger partial charge in [-0.1, -0.05) is 35.9 Å². The molecular formula is C29H36N4O. The maximum absolute atomic E-state index is 12.2. The molecule has 1 amide bonds. The predicted molar refractivity (Wildman–Crippen MR) is 139 cm³/mol. The molecule has 1 aliphatic carbocycles. The largest absolute Gasteiger partial charge is 0.382 e. The molecule has 2 aromatic rings. The molecule has 178 valence electrons. The third kappa shape index (κ3) is 4.63. The number of benzene rings is 2. The fourth-order valence-electron chi connectivity index (χ4n) is 5.82. The van der Waals surface area contributed by atoms with E-state index in [0.717, 1.165) is 71.4 Å². The van der Waals surface area contributed by atoms with Crippen molar-refractivity contribution in [1.29, 1.82) is 0 Å². The molecule has 2 aromatic carbocycles. The second-order valence-corrected chi connectivity index (χ2v) is 10.9. The number of fused-ring (bicyclic) bond motifs is 1. The molecule has 3 fully saturated rings. The second-order valence-electron chi connectivity index (χ2n) is 10.9. The van der Waals surface area contributed by atoms with Crippen LogP contribution in [-0.4, -0.2) is 67.2 Å². The second kappa shape index (κ2) is 9.18. The molecule has 0 aromatic heterocycles. The number of piperidine rings is 1. The van der Waals surface area contributed by atoms with E-state index < -0.39 is 0 Å². The minimum Gasteiger partial charge on any atom is -0.382 e. The molecule has 5 nitrogen and oxygen atoms in total. The van der Waals surface area contributed by atoms with E-state index in [1.54, 1.807) is 0 Å². The van der Waals surface area contributed by atoms with Crippen LogP contribution >= 0.6 is 0 Å². The van der Waals surface area contributed by atoms with Crippen LogP contribution in [0, 0.1) is 18.8 Å². The molecule has 1 N–H and O–H groups in total. The fraction of sp³-hybridized carbons (Fsp3) is 0.517. The van der Waals surface area contributed by atoms with Gasteiger partial charge in [0.2, 0.25) is 5.91 Å². The van der Waals surface area contributed by atoms with E-state index in [0.29, 0.717) is 23.8 Å². The third-order valence-electron chi connectivity index (χ3n) is 8.01. The van der Waals surface area contributed by atoms with Crippen LogP contribution in [0.15, 0.2) is 41.4 Å². The highest BCUT2D eigenvalue weighted by Crippen LogP contribution is 2.34. The smallest absolute Gasteiger partial charge is 0.225 e. The predicted octanol–water partition coefficient (Wildman–Crippen LogP) is 4.38. The molecule has 0 spiro atoms. The lowest BCUT2D eigenvalue weighted by Crippen LogP contribution is -2.55. The molecule has 1 saturated carbocycles. The molecule has 4 aliphatic rings. The summed E-state index contributed by atoms with van der Waals surface area (Å²) in [5, 5.41) is 3.91. The van der Waals surface area contributed by atoms with Gasteiger partial charge in [-0.25, -0.2) is 0 Å². The van der Waals surface area contributed by atoms with Crippen molar-refractivity contribution in [2.45, 2.75) is 45.1 Å². The number of amides is 1. The summed E-state index contributed by atoms with van der Waals surface area (Å²) < 4.78 is 0. The normalized spacial score (nSPS) is 21.3. The summed E-state index contributed by atoms with van der Waals surface area (Å²) in [7, 11) is 0. The minimum atomic E-state index is 0.364. The van der Waals surface area contributed by atoms with Crippen molar-refractivity contribution >= 4 is 17.8 Å². The van der Waals surface area contributed by atoms with Gasteiger partial charge in [-0.2, -0.15) is 0 Å². The maximum Gasteiger partial charge on any atom is 0.225 e. The van der Waals surface area contributed by atoms with Crippen LogP contribution in [0.3, 0.4) is 0 Å². The summed E-state index contributed by atoms with van der Waals surface area (Å²) in [6.07, 6.45) is 7.64. The summed E-state index contributed by atoms with van der Waals surface area (Å²) in [5.74, 6) is 1.45. The highest BCUT2D eigenvalue weighted by molar-refractivity contribution is 5.93. The average Bonchev–Trinajstić information content (AvgIpc) is 3.67. The Hall–Kier alpha value is -2.66. The Balaban J connectivity index is 1.08. The van der Waals surface area contributed by atoms with Gasteiger partial charge in [0.05, 0.1) is 0 Å². The number of aliphatic imine (C=N–C) groups is 1. The standard InChI is InChI=1S/C29H36N4O/c1-20-3-2-4-23(13-20)25-14-24-7-10-30-16-27(24)28(15-25)31-26-8-11-32(12-9-26)17-21-18-33(19-21)29(34)22-5-6-22/h2-4,13-16,21-22,26,31H,5-12,17-19H2,1H3. The zero-order valence-electron chi connectivity index (χ0n) is 20.3. The first-order valence-corrected chi connectivity index (χ1v) is 13.1. The number of hydrogen-bond acceptors (Lipinski definition) is 4. The Morgan fingerprint density at radius 1 is 1.06 bits per heavy atom. The van der Waals surface area contributed by atoms with Crippen LogP contribution in [0.2, 0.25) is 0 Å². The van der Waals surface area contributed by atoms with Crippen LogP contribution in [0.4, 0.5) is 5.69 Å². The molecular weight excluding hydrogens is 420 g/mol. The van der Waals surface area contributed by atoms with Crippen molar-refractivity contribution in [2.75, 3.05) is 44.6 Å². The number of nitrogens with zero attached hydrogens (tertiary/aromatic N) is 3. The van der Waals surface area contributed by atoms with Gasteiger partial charge in [0.1, 0.15) is 0 Å². The van der Waals surface area contributed by atoms with E-state index in [1.807, 2.05) is 0 Å². The number of carbonyl (C=O) groups is 1. The summed E-state index contributed by atoms with van der Waals surface area (Å²) in [4.78, 5) is 21.5. The quantitative estimate of drug-likeness (QED) is 0.702. The Bertz CT molecular complexity index is 1090. The molecule has 3 heterocycles. The van der Waals surface area contributed by atoms with E-state index in [1.165, 1.54) is 33.5 Å². The Labute approximate surface area is 203 Å². The molecule has 34 heavy (non-hydrogen) atoms. The number of nitrogens with one attached hydrogen (secondary N) is 1. The Morgan fingerprint density at radius 3 is 2.65 bits per heavy atom. The van der Waals surface area contributed by atoms with Gasteiger partial charge >= 0.3 is 0 Å². The average molecular weight is 457 g/mol. The molecule has 0 unspecified atom stereocenters. The molecule has 5 heteroatoms. The highest BCUT2D eigenvalue weighted by atomic mass is 16.2. The first kappa shape index (κ1) is 21.8. The summed E-state index contributed by atoms with van der Waals surface area (Å²) in [5.41, 5.74) is 7.81. The molecule has 2 saturated heterocycles. The van der Waals surface area contributed by atoms with E-state index in [2.05, 4.69) is 69.6 Å². The van der Waals surface area contributed by atoms with E-state index in [9.17, 15) is 4.79 Å². The van der Waals surface area contributed by atoms with Crippen molar-refractivity contribution in [3.05, 3.63) is 53.1 Å². The molecule has 6 rings (SSSR count). The zero-order valence-corrected chi connectivity index (χ0v) is 20.3. The van der Waals surface area contributed by atoms with Gasteiger partial charge in [0, 0.05) is 74.6 Å². The lowest BCUT2D eigenvalue weighted by molar-refractivity contribution is -0.139. The molecule has 0 bridgehead atoms. The number of aryl methyl sites for hydroxylation is 1. The number of likely N-dealkylation sites (tertiary alicyclic amines) is 2. The van der Waals surface area contributed by atoms with Crippen LogP contribution in [0.25, 0.3) is 11.1 Å². The lowest BCUT2D eigenvalue weighted by Gasteiger charge is -2.43. The van der Waals surface area contributed by atoms with E-state index in [-0.39, 0.29) is 0 Å². The molecule has 0 atom stereocenters. The summed E-state index contributed by atoms with van der Waals surface area (Å²) >= 11 is 0. The molecule has 0 radical (unpaired) electrons. The van der Waals surface area contributed by atoms with Crippen LogP contribution in [0.1, 0.15) is 42.4 Å². The van der Waals surface area contributed by atoms with Crippen molar-refractivity contribution in [1.82, 2.24) is 9.80 Å². The van der Waals surface area contributed by atoms with Gasteiger partial charge < -0.3 is 15.1 Å². The monoisotopic (exact) mass is 456 g/mol. The van der Waals surface area contributed by atoms with Crippen LogP contribution in [-0.2, 0) is 11.2 Å². The SMILES string of the molecule is Cc1cccc(-c2cc3c(c(NC4CCN(CC5CN(C(=O)C6CC6)C5)CC4)c2)C=NCC3)c1. The summed E-state index contributed by atoms with van der Waals surface area (Å²) in [6.45, 7) is 8.42. The van der Waals surface area contributed by atoms with Gasteiger partial charge in [0.25, 0.3) is 0 Å². The first-order valence-electron chi connectivity index (χ1n) is 13.1. The van der Waals surface area contributed by atoms with E-state index in [4.69, 9.17) is 0 Å². The fourth-order valence-corrected chi connectivity index (χ4v) is 5.82. The van der Waals surface area contributed by atoms with Gasteiger partial charge in [0.15, 0.2) is 0 Å². The van der Waals surface area contributed by atoms with Crippen LogP contribution in [0.5, 0.6) is 0 Å². The Morgan fingerprint density at radius 2 is 1.88 bits per heavy atom. The van der Waals surface area contributed by atoms with Gasteiger partial charge in [-0.05, 0) is 61.8 Å². The maximum atomic E-state index is 12.2. The first-order chi connectivity index (χ1) is 16.6. The Kier molecular flexibility index (Phi) is 5.90. The highest BCUT2D eigenvalue weighted by Gasteiger charge is 2.39. The number of hydrogen-bond donors (Lipinski definition) is 1.